The minimum Gasteiger partial charge on any atom is -0.486 e. The summed E-state index contributed by atoms with van der Waals surface area (Å²) in [6.07, 6.45) is 0.959. The fourth-order valence-corrected chi connectivity index (χ4v) is 1.65. The molecule has 1 fully saturated rings. The number of benzene rings is 1. The first-order valence-corrected chi connectivity index (χ1v) is 5.21. The maximum atomic E-state index is 10.7. The number of nitro benzene ring substituents is 1. The molecule has 1 aromatic rings. The standard InChI is InChI=1S/C11H13NO4/c13-12(14)10-3-1-2-4-11(10)16-8-9-5-6-15-7-9/h1-4,9H,5-8H2. The van der Waals surface area contributed by atoms with Crippen molar-refractivity contribution in [1.29, 1.82) is 0 Å². The van der Waals surface area contributed by atoms with Gasteiger partial charge in [-0.25, -0.2) is 0 Å². The lowest BCUT2D eigenvalue weighted by Crippen LogP contribution is -2.12. The molecule has 1 unspecified atom stereocenters. The van der Waals surface area contributed by atoms with Crippen LogP contribution in [-0.4, -0.2) is 24.7 Å². The van der Waals surface area contributed by atoms with Crippen LogP contribution in [0.2, 0.25) is 0 Å². The third-order valence-corrected chi connectivity index (χ3v) is 2.56. The Kier molecular flexibility index (Phi) is 3.36. The van der Waals surface area contributed by atoms with Crippen molar-refractivity contribution in [1.82, 2.24) is 0 Å². The van der Waals surface area contributed by atoms with E-state index in [4.69, 9.17) is 9.47 Å². The Balaban J connectivity index is 2.00. The first-order valence-electron chi connectivity index (χ1n) is 5.21. The van der Waals surface area contributed by atoms with Gasteiger partial charge in [0.05, 0.1) is 18.1 Å². The van der Waals surface area contributed by atoms with Crippen molar-refractivity contribution >= 4 is 5.69 Å². The Bertz CT molecular complexity index is 374. The fraction of sp³-hybridized carbons (Fsp3) is 0.455. The molecule has 0 saturated carbocycles. The Morgan fingerprint density at radius 3 is 3.00 bits per heavy atom. The van der Waals surface area contributed by atoms with Crippen molar-refractivity contribution in [2.45, 2.75) is 6.42 Å². The molecule has 1 saturated heterocycles. The fourth-order valence-electron chi connectivity index (χ4n) is 1.65. The van der Waals surface area contributed by atoms with Gasteiger partial charge < -0.3 is 9.47 Å². The van der Waals surface area contributed by atoms with E-state index in [1.54, 1.807) is 18.2 Å². The van der Waals surface area contributed by atoms with Crippen molar-refractivity contribution in [3.05, 3.63) is 34.4 Å². The third-order valence-electron chi connectivity index (χ3n) is 2.56. The molecule has 1 aliphatic rings. The summed E-state index contributed by atoms with van der Waals surface area (Å²) in [5.41, 5.74) is 0.0152. The average molecular weight is 223 g/mol. The van der Waals surface area contributed by atoms with Gasteiger partial charge in [0, 0.05) is 18.6 Å². The summed E-state index contributed by atoms with van der Waals surface area (Å²) < 4.78 is 10.7. The molecule has 1 atom stereocenters. The van der Waals surface area contributed by atoms with Crippen LogP contribution in [0.3, 0.4) is 0 Å². The number of hydrogen-bond acceptors (Lipinski definition) is 4. The zero-order chi connectivity index (χ0) is 11.4. The molecule has 0 N–H and O–H groups in total. The first kappa shape index (κ1) is 10.9. The maximum absolute atomic E-state index is 10.7. The minimum atomic E-state index is -0.430. The molecule has 2 rings (SSSR count). The van der Waals surface area contributed by atoms with E-state index >= 15 is 0 Å². The number of rotatable bonds is 4. The molecule has 0 aliphatic carbocycles. The maximum Gasteiger partial charge on any atom is 0.310 e. The summed E-state index contributed by atoms with van der Waals surface area (Å²) in [5, 5.41) is 10.7. The summed E-state index contributed by atoms with van der Waals surface area (Å²) in [6, 6.07) is 6.42. The molecule has 5 heteroatoms. The van der Waals surface area contributed by atoms with Gasteiger partial charge in [-0.05, 0) is 12.5 Å². The molecule has 5 nitrogen and oxygen atoms in total. The zero-order valence-electron chi connectivity index (χ0n) is 8.80. The van der Waals surface area contributed by atoms with Crippen molar-refractivity contribution in [2.24, 2.45) is 5.92 Å². The molecule has 0 aromatic heterocycles. The van der Waals surface area contributed by atoms with Gasteiger partial charge >= 0.3 is 5.69 Å². The second-order valence-electron chi connectivity index (χ2n) is 3.77. The van der Waals surface area contributed by atoms with Crippen LogP contribution < -0.4 is 4.74 Å². The highest BCUT2D eigenvalue weighted by atomic mass is 16.6. The van der Waals surface area contributed by atoms with Gasteiger partial charge in [0.2, 0.25) is 0 Å². The smallest absolute Gasteiger partial charge is 0.310 e. The molecule has 1 aliphatic heterocycles. The Hall–Kier alpha value is -1.62. The highest BCUT2D eigenvalue weighted by molar-refractivity contribution is 5.45. The number of nitrogens with zero attached hydrogens (tertiary/aromatic N) is 1. The molecule has 16 heavy (non-hydrogen) atoms. The third kappa shape index (κ3) is 2.49. The van der Waals surface area contributed by atoms with Gasteiger partial charge in [-0.15, -0.1) is 0 Å². The van der Waals surface area contributed by atoms with Crippen LogP contribution in [0.5, 0.6) is 5.75 Å². The van der Waals surface area contributed by atoms with Crippen molar-refractivity contribution in [3.8, 4) is 5.75 Å². The Labute approximate surface area is 93.1 Å². The SMILES string of the molecule is O=[N+]([O-])c1ccccc1OCC1CCOC1. The molecule has 1 heterocycles. The second-order valence-corrected chi connectivity index (χ2v) is 3.77. The number of para-hydroxylation sites is 2. The second kappa shape index (κ2) is 4.94. The molecule has 0 amide bonds. The van der Waals surface area contributed by atoms with Crippen LogP contribution in [0.25, 0.3) is 0 Å². The van der Waals surface area contributed by atoms with E-state index < -0.39 is 4.92 Å². The molecule has 86 valence electrons. The predicted octanol–water partition coefficient (Wildman–Crippen LogP) is 2.01. The Morgan fingerprint density at radius 2 is 2.31 bits per heavy atom. The van der Waals surface area contributed by atoms with Crippen LogP contribution in [0.1, 0.15) is 6.42 Å². The summed E-state index contributed by atoms with van der Waals surface area (Å²) >= 11 is 0. The first-order chi connectivity index (χ1) is 7.77. The lowest BCUT2D eigenvalue weighted by molar-refractivity contribution is -0.385. The van der Waals surface area contributed by atoms with Crippen molar-refractivity contribution in [3.63, 3.8) is 0 Å². The van der Waals surface area contributed by atoms with Gasteiger partial charge in [0.1, 0.15) is 0 Å². The lowest BCUT2D eigenvalue weighted by Gasteiger charge is -2.09. The zero-order valence-corrected chi connectivity index (χ0v) is 8.80. The number of nitro groups is 1. The summed E-state index contributed by atoms with van der Waals surface area (Å²) in [5.74, 6) is 0.680. The summed E-state index contributed by atoms with van der Waals surface area (Å²) in [6.45, 7) is 1.91. The lowest BCUT2D eigenvalue weighted by atomic mass is 10.1. The number of ether oxygens (including phenoxy) is 2. The van der Waals surface area contributed by atoms with E-state index in [1.807, 2.05) is 0 Å². The van der Waals surface area contributed by atoms with E-state index in [2.05, 4.69) is 0 Å². The van der Waals surface area contributed by atoms with Gasteiger partial charge in [-0.2, -0.15) is 0 Å². The molecule has 0 spiro atoms. The van der Waals surface area contributed by atoms with E-state index in [0.29, 0.717) is 24.9 Å². The average Bonchev–Trinajstić information content (AvgIpc) is 2.79. The normalized spacial score (nSPS) is 19.6. The van der Waals surface area contributed by atoms with Crippen molar-refractivity contribution in [2.75, 3.05) is 19.8 Å². The van der Waals surface area contributed by atoms with Crippen LogP contribution in [0.4, 0.5) is 5.69 Å². The van der Waals surface area contributed by atoms with E-state index in [0.717, 1.165) is 13.0 Å². The molecule has 0 radical (unpaired) electrons. The van der Waals surface area contributed by atoms with Gasteiger partial charge in [-0.1, -0.05) is 12.1 Å². The Morgan fingerprint density at radius 1 is 1.50 bits per heavy atom. The largest absolute Gasteiger partial charge is 0.486 e. The van der Waals surface area contributed by atoms with Crippen LogP contribution in [0, 0.1) is 16.0 Å². The molecular weight excluding hydrogens is 210 g/mol. The minimum absolute atomic E-state index is 0.0152. The monoisotopic (exact) mass is 223 g/mol. The highest BCUT2D eigenvalue weighted by Crippen LogP contribution is 2.26. The van der Waals surface area contributed by atoms with Crippen LogP contribution in [0.15, 0.2) is 24.3 Å². The van der Waals surface area contributed by atoms with E-state index in [-0.39, 0.29) is 5.69 Å². The van der Waals surface area contributed by atoms with Gasteiger partial charge in [-0.3, -0.25) is 10.1 Å². The molecule has 0 bridgehead atoms. The predicted molar refractivity (Wildman–Crippen MR) is 57.5 cm³/mol. The molecular formula is C11H13NO4. The topological polar surface area (TPSA) is 61.6 Å². The van der Waals surface area contributed by atoms with Gasteiger partial charge in [0.15, 0.2) is 5.75 Å². The number of hydrogen-bond donors (Lipinski definition) is 0. The van der Waals surface area contributed by atoms with Gasteiger partial charge in [0.25, 0.3) is 0 Å². The quantitative estimate of drug-likeness (QED) is 0.578. The summed E-state index contributed by atoms with van der Waals surface area (Å²) in [4.78, 5) is 10.3. The highest BCUT2D eigenvalue weighted by Gasteiger charge is 2.19. The van der Waals surface area contributed by atoms with Crippen LogP contribution >= 0.6 is 0 Å². The van der Waals surface area contributed by atoms with Crippen LogP contribution in [-0.2, 0) is 4.74 Å². The van der Waals surface area contributed by atoms with E-state index in [1.165, 1.54) is 6.07 Å². The van der Waals surface area contributed by atoms with E-state index in [9.17, 15) is 10.1 Å². The summed E-state index contributed by atoms with van der Waals surface area (Å²) in [7, 11) is 0. The molecule has 1 aromatic carbocycles. The van der Waals surface area contributed by atoms with Crippen molar-refractivity contribution < 1.29 is 14.4 Å².